The van der Waals surface area contributed by atoms with Gasteiger partial charge in [-0.3, -0.25) is 33.6 Å². The average Bonchev–Trinajstić information content (AvgIpc) is 3.30. The highest BCUT2D eigenvalue weighted by molar-refractivity contribution is 5.97. The number of Topliss-reactive ketones (excluding diaryl/α,β-unsaturated/α-hetero) is 2. The number of phenolic OH excluding ortho intramolecular Hbond substituents is 2. The van der Waals surface area contributed by atoms with E-state index < -0.39 is 77.9 Å². The van der Waals surface area contributed by atoms with Crippen LogP contribution in [0.3, 0.4) is 0 Å². The molecule has 0 aromatic heterocycles. The first-order chi connectivity index (χ1) is 31.9. The van der Waals surface area contributed by atoms with Crippen LogP contribution < -0.4 is 16.0 Å². The van der Waals surface area contributed by atoms with E-state index in [2.05, 4.69) is 22.9 Å². The molecule has 6 atom stereocenters. The molecule has 0 radical (unpaired) electrons. The van der Waals surface area contributed by atoms with Gasteiger partial charge in [0, 0.05) is 63.2 Å². The molecule has 67 heavy (non-hydrogen) atoms. The highest BCUT2D eigenvalue weighted by atomic mass is 16.3. The number of aldehydes is 1. The van der Waals surface area contributed by atoms with Gasteiger partial charge in [-0.15, -0.1) is 0 Å². The van der Waals surface area contributed by atoms with Crippen molar-refractivity contribution in [2.45, 2.75) is 173 Å². The number of aliphatic hydroxyl groups is 1. The van der Waals surface area contributed by atoms with E-state index in [4.69, 9.17) is 0 Å². The summed E-state index contributed by atoms with van der Waals surface area (Å²) in [7, 11) is 2.81. The molecule has 0 saturated carbocycles. The SMILES string of the molecule is CCCCCCCCCCCCCCCC(=O)N(C)[C@H](CO)C(=O)N[C@H](C)C(=O)CCC(=O)N(C)[C@@H]1C(=O)C[C@@H](C)C(=O)N[C@H](C(=O)NC(C)C=O)Cc2ccc(O)c(c2)-c2cc1ccc2O. The molecular formula is C51H75N5O11. The Morgan fingerprint density at radius 2 is 1.33 bits per heavy atom. The summed E-state index contributed by atoms with van der Waals surface area (Å²) in [6.07, 6.45) is 14.8. The van der Waals surface area contributed by atoms with Crippen LogP contribution in [-0.4, -0.2) is 117 Å². The molecule has 0 fully saturated rings. The van der Waals surface area contributed by atoms with E-state index in [9.17, 15) is 53.7 Å². The number of aliphatic hydroxyl groups excluding tert-OH is 1. The van der Waals surface area contributed by atoms with E-state index in [0.717, 1.165) is 24.2 Å². The molecular weight excluding hydrogens is 859 g/mol. The molecule has 0 spiro atoms. The summed E-state index contributed by atoms with van der Waals surface area (Å²) in [4.78, 5) is 108. The number of amides is 5. The van der Waals surface area contributed by atoms with E-state index in [-0.39, 0.29) is 66.2 Å². The topological polar surface area (TPSA) is 240 Å². The second-order valence-electron chi connectivity index (χ2n) is 18.2. The third-order valence-electron chi connectivity index (χ3n) is 12.6. The predicted molar refractivity (Wildman–Crippen MR) is 255 cm³/mol. The monoisotopic (exact) mass is 934 g/mol. The van der Waals surface area contributed by atoms with Gasteiger partial charge in [-0.2, -0.15) is 0 Å². The van der Waals surface area contributed by atoms with Crippen LogP contribution in [0, 0.1) is 5.92 Å². The van der Waals surface area contributed by atoms with Crippen molar-refractivity contribution >= 4 is 47.4 Å². The summed E-state index contributed by atoms with van der Waals surface area (Å²) >= 11 is 0. The summed E-state index contributed by atoms with van der Waals surface area (Å²) in [5.74, 6) is -5.52. The van der Waals surface area contributed by atoms with Crippen LogP contribution >= 0.6 is 0 Å². The minimum absolute atomic E-state index is 0.0588. The number of fused-ring (bicyclic) bond motifs is 5. The molecule has 16 heteroatoms. The number of rotatable bonds is 26. The van der Waals surface area contributed by atoms with Crippen LogP contribution in [0.2, 0.25) is 0 Å². The van der Waals surface area contributed by atoms with Gasteiger partial charge in [-0.05, 0) is 55.7 Å². The van der Waals surface area contributed by atoms with Gasteiger partial charge in [0.1, 0.15) is 35.9 Å². The van der Waals surface area contributed by atoms with E-state index in [0.29, 0.717) is 18.3 Å². The molecule has 1 heterocycles. The normalized spacial score (nSPS) is 17.5. The highest BCUT2D eigenvalue weighted by Crippen LogP contribution is 2.39. The molecule has 370 valence electrons. The standard InChI is InChI=1S/C51H75N5O11/c1-7-8-9-10-11-12-13-14-15-16-17-18-19-20-46(63)55(5)41(32-58)51(67)53-35(4)42(59)25-26-47(64)56(6)48-37-22-24-44(61)39(30-37)38-28-36(21-23-43(38)60)29-40(50(66)52-34(3)31-57)54-49(65)33(2)27-45(48)62/h21-24,28,30-31,33-35,40-41,48,58,60-61H,7-20,25-27,29,32H2,1-6H3,(H,52,66)(H,53,67)(H,54,65)/t33-,34?,35-,40+,41-,48+/m1/s1. The molecule has 5 amide bonds. The number of benzene rings is 2. The Morgan fingerprint density at radius 1 is 0.761 bits per heavy atom. The van der Waals surface area contributed by atoms with Crippen molar-refractivity contribution < 1.29 is 53.7 Å². The third kappa shape index (κ3) is 17.5. The minimum Gasteiger partial charge on any atom is -0.507 e. The number of ketones is 2. The van der Waals surface area contributed by atoms with Gasteiger partial charge in [-0.1, -0.05) is 103 Å². The Balaban J connectivity index is 1.64. The van der Waals surface area contributed by atoms with Crippen LogP contribution in [0.4, 0.5) is 0 Å². The zero-order valence-electron chi connectivity index (χ0n) is 40.4. The number of carbonyl (C=O) groups excluding carboxylic acids is 8. The second-order valence-corrected chi connectivity index (χ2v) is 18.2. The summed E-state index contributed by atoms with van der Waals surface area (Å²) in [6, 6.07) is 2.95. The van der Waals surface area contributed by atoms with Crippen LogP contribution in [-0.2, 0) is 44.8 Å². The lowest BCUT2D eigenvalue weighted by molar-refractivity contribution is -0.142. The number of aromatic hydroxyl groups is 2. The molecule has 2 aromatic carbocycles. The third-order valence-corrected chi connectivity index (χ3v) is 12.6. The Bertz CT molecular complexity index is 2010. The van der Waals surface area contributed by atoms with Crippen LogP contribution in [0.5, 0.6) is 11.5 Å². The lowest BCUT2D eigenvalue weighted by Crippen LogP contribution is -2.53. The summed E-state index contributed by atoms with van der Waals surface area (Å²) in [6.45, 7) is 5.96. The van der Waals surface area contributed by atoms with Crippen LogP contribution in [0.25, 0.3) is 11.1 Å². The number of nitrogens with zero attached hydrogens (tertiary/aromatic N) is 2. The van der Waals surface area contributed by atoms with E-state index in [1.807, 2.05) is 0 Å². The Morgan fingerprint density at radius 3 is 1.91 bits per heavy atom. The van der Waals surface area contributed by atoms with Gasteiger partial charge in [0.15, 0.2) is 11.6 Å². The number of phenols is 2. The lowest BCUT2D eigenvalue weighted by Gasteiger charge is -2.30. The minimum atomic E-state index is -1.33. The summed E-state index contributed by atoms with van der Waals surface area (Å²) in [5.41, 5.74) is 1.000. The van der Waals surface area contributed by atoms with Crippen LogP contribution in [0.1, 0.15) is 154 Å². The Hall–Kier alpha value is -5.64. The average molecular weight is 934 g/mol. The van der Waals surface area contributed by atoms with Crippen LogP contribution in [0.15, 0.2) is 36.4 Å². The fourth-order valence-electron chi connectivity index (χ4n) is 8.30. The van der Waals surface area contributed by atoms with Crippen molar-refractivity contribution in [2.75, 3.05) is 20.7 Å². The van der Waals surface area contributed by atoms with Gasteiger partial charge >= 0.3 is 0 Å². The van der Waals surface area contributed by atoms with Gasteiger partial charge < -0.3 is 45.9 Å². The number of carbonyl (C=O) groups is 8. The molecule has 0 aliphatic carbocycles. The Labute approximate surface area is 396 Å². The van der Waals surface area contributed by atoms with Gasteiger partial charge in [0.25, 0.3) is 0 Å². The summed E-state index contributed by atoms with van der Waals surface area (Å²) in [5, 5.41) is 39.8. The largest absolute Gasteiger partial charge is 0.507 e. The zero-order valence-corrected chi connectivity index (χ0v) is 40.4. The number of nitrogens with one attached hydrogen (secondary N) is 3. The Kier molecular flexibility index (Phi) is 23.7. The van der Waals surface area contributed by atoms with E-state index in [1.165, 1.54) is 128 Å². The maximum Gasteiger partial charge on any atom is 0.245 e. The number of hydrogen-bond donors (Lipinski definition) is 6. The molecule has 1 unspecified atom stereocenters. The molecule has 3 rings (SSSR count). The second kappa shape index (κ2) is 28.5. The molecule has 1 aliphatic heterocycles. The molecule has 4 bridgehead atoms. The molecule has 6 N–H and O–H groups in total. The van der Waals surface area contributed by atoms with Crippen molar-refractivity contribution in [3.05, 3.63) is 47.5 Å². The van der Waals surface area contributed by atoms with Crippen molar-refractivity contribution in [3.63, 3.8) is 0 Å². The zero-order chi connectivity index (χ0) is 49.6. The quantitative estimate of drug-likeness (QED) is 0.0490. The summed E-state index contributed by atoms with van der Waals surface area (Å²) < 4.78 is 0. The van der Waals surface area contributed by atoms with E-state index in [1.54, 1.807) is 6.07 Å². The first-order valence-electron chi connectivity index (χ1n) is 24.1. The van der Waals surface area contributed by atoms with Crippen molar-refractivity contribution in [1.29, 1.82) is 0 Å². The highest BCUT2D eigenvalue weighted by Gasteiger charge is 2.34. The first-order valence-corrected chi connectivity index (χ1v) is 24.1. The molecule has 16 nitrogen and oxygen atoms in total. The fourth-order valence-corrected chi connectivity index (χ4v) is 8.30. The van der Waals surface area contributed by atoms with Gasteiger partial charge in [0.2, 0.25) is 29.5 Å². The number of hydrogen-bond acceptors (Lipinski definition) is 11. The molecule has 0 saturated heterocycles. The fraction of sp³-hybridized carbons (Fsp3) is 0.608. The maximum absolute atomic E-state index is 14.2. The lowest BCUT2D eigenvalue weighted by atomic mass is 9.89. The van der Waals surface area contributed by atoms with Gasteiger partial charge in [-0.25, -0.2) is 0 Å². The van der Waals surface area contributed by atoms with Crippen molar-refractivity contribution in [3.8, 4) is 22.6 Å². The first kappa shape index (κ1) is 55.7. The predicted octanol–water partition coefficient (Wildman–Crippen LogP) is 5.76. The number of likely N-dealkylation sites (N-methyl/N-ethyl adjacent to an activating group) is 2. The molecule has 2 aromatic rings. The smallest absolute Gasteiger partial charge is 0.245 e. The van der Waals surface area contributed by atoms with Crippen molar-refractivity contribution in [1.82, 2.24) is 25.8 Å². The van der Waals surface area contributed by atoms with Gasteiger partial charge in [0.05, 0.1) is 18.7 Å². The maximum atomic E-state index is 14.2. The number of unbranched alkanes of at least 4 members (excludes halogenated alkanes) is 12. The van der Waals surface area contributed by atoms with Crippen molar-refractivity contribution in [2.24, 2.45) is 5.92 Å². The molecule has 1 aliphatic rings. The van der Waals surface area contributed by atoms with E-state index >= 15 is 0 Å².